The summed E-state index contributed by atoms with van der Waals surface area (Å²) in [7, 11) is 0. The van der Waals surface area contributed by atoms with Gasteiger partial charge < -0.3 is 37.8 Å². The van der Waals surface area contributed by atoms with Gasteiger partial charge in [0.05, 0.1) is 6.42 Å². The van der Waals surface area contributed by atoms with Gasteiger partial charge in [-0.25, -0.2) is 4.79 Å². The molecule has 0 aromatic heterocycles. The zero-order valence-electron chi connectivity index (χ0n) is 31.6. The van der Waals surface area contributed by atoms with E-state index in [1.54, 1.807) is 6.07 Å². The van der Waals surface area contributed by atoms with Crippen molar-refractivity contribution in [3.8, 4) is 0 Å². The Morgan fingerprint density at radius 3 is 1.78 bits per heavy atom. The highest BCUT2D eigenvalue weighted by molar-refractivity contribution is 5.94. The van der Waals surface area contributed by atoms with E-state index in [0.717, 1.165) is 22.8 Å². The number of primary amides is 2. The van der Waals surface area contributed by atoms with Crippen molar-refractivity contribution >= 4 is 52.2 Å². The van der Waals surface area contributed by atoms with Crippen LogP contribution >= 0.6 is 0 Å². The van der Waals surface area contributed by atoms with Gasteiger partial charge in [0.2, 0.25) is 35.4 Å². The minimum absolute atomic E-state index is 0.00878. The Hall–Kier alpha value is -5.79. The van der Waals surface area contributed by atoms with Gasteiger partial charge in [-0.3, -0.25) is 28.8 Å². The molecule has 0 bridgehead atoms. The predicted molar refractivity (Wildman–Crippen MR) is 208 cm³/mol. The maximum atomic E-state index is 13.2. The van der Waals surface area contributed by atoms with Crippen molar-refractivity contribution in [2.45, 2.75) is 109 Å². The number of unbranched alkanes of at least 4 members (excludes halogenated alkanes) is 4. The molecular weight excluding hydrogens is 704 g/mol. The van der Waals surface area contributed by atoms with Crippen molar-refractivity contribution < 1.29 is 38.7 Å². The highest BCUT2D eigenvalue weighted by Gasteiger charge is 2.30. The molecule has 0 fully saturated rings. The molecule has 0 radical (unpaired) electrons. The van der Waals surface area contributed by atoms with Crippen LogP contribution in [-0.4, -0.2) is 70.7 Å². The number of carbonyl (C=O) groups excluding carboxylic acids is 6. The van der Waals surface area contributed by atoms with Crippen LogP contribution in [0.2, 0.25) is 0 Å². The molecule has 6 amide bonds. The van der Waals surface area contributed by atoms with Gasteiger partial charge in [-0.2, -0.15) is 0 Å². The number of hydrogen-bond donors (Lipinski definition) is 7. The second kappa shape index (κ2) is 22.4. The second-order valence-corrected chi connectivity index (χ2v) is 13.9. The third-order valence-electron chi connectivity index (χ3n) is 9.49. The Bertz CT molecular complexity index is 1780. The van der Waals surface area contributed by atoms with Crippen LogP contribution in [0.1, 0.15) is 82.8 Å². The molecule has 0 aliphatic heterocycles. The smallest absolute Gasteiger partial charge is 0.326 e. The van der Waals surface area contributed by atoms with E-state index in [9.17, 15) is 38.7 Å². The summed E-state index contributed by atoms with van der Waals surface area (Å²) in [4.78, 5) is 87.6. The summed E-state index contributed by atoms with van der Waals surface area (Å²) in [6, 6.07) is 17.9. The average molecular weight is 759 g/mol. The maximum absolute atomic E-state index is 13.2. The van der Waals surface area contributed by atoms with Crippen molar-refractivity contribution in [3.63, 3.8) is 0 Å². The molecule has 0 spiro atoms. The maximum Gasteiger partial charge on any atom is 0.326 e. The molecule has 3 aromatic carbocycles. The number of carbonyl (C=O) groups is 7. The molecule has 0 saturated heterocycles. The molecule has 9 N–H and O–H groups in total. The molecule has 0 aliphatic carbocycles. The third-order valence-corrected chi connectivity index (χ3v) is 9.49. The van der Waals surface area contributed by atoms with Crippen LogP contribution in [0, 0.1) is 5.92 Å². The third kappa shape index (κ3) is 15.2. The van der Waals surface area contributed by atoms with Crippen molar-refractivity contribution in [3.05, 3.63) is 83.9 Å². The summed E-state index contributed by atoms with van der Waals surface area (Å²) >= 11 is 0. The molecule has 0 heterocycles. The summed E-state index contributed by atoms with van der Waals surface area (Å²) in [6.07, 6.45) is 3.68. The monoisotopic (exact) mass is 758 g/mol. The van der Waals surface area contributed by atoms with Gasteiger partial charge >= 0.3 is 5.97 Å². The van der Waals surface area contributed by atoms with Crippen LogP contribution in [0.15, 0.2) is 72.8 Å². The summed E-state index contributed by atoms with van der Waals surface area (Å²) < 4.78 is 0. The Labute approximate surface area is 321 Å². The zero-order valence-corrected chi connectivity index (χ0v) is 31.6. The van der Waals surface area contributed by atoms with E-state index in [1.165, 1.54) is 0 Å². The fourth-order valence-corrected chi connectivity index (χ4v) is 6.13. The molecule has 14 heteroatoms. The van der Waals surface area contributed by atoms with Crippen LogP contribution in [0.4, 0.5) is 0 Å². The Morgan fingerprint density at radius 1 is 0.618 bits per heavy atom. The van der Waals surface area contributed by atoms with Gasteiger partial charge in [0, 0.05) is 25.7 Å². The first-order valence-corrected chi connectivity index (χ1v) is 18.8. The number of nitrogens with two attached hydrogens (primary N) is 2. The Kier molecular flexibility index (Phi) is 17.8. The number of rotatable bonds is 24. The number of carboxylic acid groups (broad SMARTS) is 1. The minimum atomic E-state index is -1.34. The number of carboxylic acids is 1. The second-order valence-electron chi connectivity index (χ2n) is 13.9. The summed E-state index contributed by atoms with van der Waals surface area (Å²) in [5.74, 6) is -5.04. The van der Waals surface area contributed by atoms with Gasteiger partial charge in [0.15, 0.2) is 0 Å². The fraction of sp³-hybridized carbons (Fsp3) is 0.439. The lowest BCUT2D eigenvalue weighted by atomic mass is 9.97. The van der Waals surface area contributed by atoms with Gasteiger partial charge in [0.1, 0.15) is 24.2 Å². The molecule has 0 saturated carbocycles. The summed E-state index contributed by atoms with van der Waals surface area (Å²) in [5.41, 5.74) is 12.4. The molecular formula is C41H54N6O8. The van der Waals surface area contributed by atoms with Crippen molar-refractivity contribution in [2.24, 2.45) is 17.4 Å². The van der Waals surface area contributed by atoms with Crippen molar-refractivity contribution in [2.75, 3.05) is 0 Å². The minimum Gasteiger partial charge on any atom is -0.480 e. The molecule has 296 valence electrons. The largest absolute Gasteiger partial charge is 0.480 e. The van der Waals surface area contributed by atoms with E-state index in [1.807, 2.05) is 80.6 Å². The van der Waals surface area contributed by atoms with Crippen LogP contribution < -0.4 is 32.7 Å². The van der Waals surface area contributed by atoms with Crippen molar-refractivity contribution in [1.29, 1.82) is 0 Å². The fourth-order valence-electron chi connectivity index (χ4n) is 6.13. The molecule has 3 rings (SSSR count). The lowest BCUT2D eigenvalue weighted by Gasteiger charge is -2.26. The number of nitrogens with one attached hydrogen (secondary N) is 4. The molecule has 0 aliphatic rings. The normalized spacial score (nSPS) is 13.7. The first-order chi connectivity index (χ1) is 26.3. The van der Waals surface area contributed by atoms with E-state index in [4.69, 9.17) is 11.5 Å². The van der Waals surface area contributed by atoms with Crippen LogP contribution in [0.25, 0.3) is 10.8 Å². The van der Waals surface area contributed by atoms with E-state index in [2.05, 4.69) is 21.3 Å². The lowest BCUT2D eigenvalue weighted by molar-refractivity contribution is -0.142. The van der Waals surface area contributed by atoms with Crippen molar-refractivity contribution in [1.82, 2.24) is 21.3 Å². The van der Waals surface area contributed by atoms with Gasteiger partial charge in [-0.05, 0) is 40.7 Å². The van der Waals surface area contributed by atoms with Gasteiger partial charge in [-0.15, -0.1) is 0 Å². The molecule has 5 atom stereocenters. The highest BCUT2D eigenvalue weighted by atomic mass is 16.4. The quantitative estimate of drug-likeness (QED) is 0.0669. The Balaban J connectivity index is 1.41. The number of amides is 6. The SMILES string of the molecule is CC[C@@H](C)[C@H](NC(=O)CCCCCCCC(=O)N[C@@H](CC(N)=O)C(=O)N[C@@H](Cc1ccc2ccccc2c1)C(=O)O)C(=O)N[C@@H](Cc1ccccc1)C(N)=O. The predicted octanol–water partition coefficient (Wildman–Crippen LogP) is 2.79. The zero-order chi connectivity index (χ0) is 40.3. The van der Waals surface area contributed by atoms with E-state index in [-0.39, 0.29) is 37.5 Å². The summed E-state index contributed by atoms with van der Waals surface area (Å²) in [5, 5.41) is 22.2. The van der Waals surface area contributed by atoms with E-state index in [0.29, 0.717) is 37.7 Å². The van der Waals surface area contributed by atoms with Gasteiger partial charge in [0.25, 0.3) is 0 Å². The summed E-state index contributed by atoms with van der Waals surface area (Å²) in [6.45, 7) is 3.75. The molecule has 3 aromatic rings. The van der Waals surface area contributed by atoms with E-state index >= 15 is 0 Å². The molecule has 0 unspecified atom stereocenters. The number of aliphatic carboxylic acids is 1. The standard InChI is InChI=1S/C41H54N6O8/c1-3-26(2)37(40(53)45-31(38(43)51)23-27-14-8-7-9-15-27)47-36(50)19-11-6-4-5-10-18-35(49)44-32(25-34(42)48)39(52)46-33(41(54)55)24-28-20-21-29-16-12-13-17-30(29)22-28/h7-9,12-17,20-22,26,31-33,37H,3-6,10-11,18-19,23-25H2,1-2H3,(H2,42,48)(H2,43,51)(H,44,49)(H,45,53)(H,46,52)(H,47,50)(H,54,55)/t26-,31+,32+,33+,37+/m1/s1. The number of fused-ring (bicyclic) bond motifs is 1. The van der Waals surface area contributed by atoms with Crippen LogP contribution in [0.3, 0.4) is 0 Å². The Morgan fingerprint density at radius 2 is 1.18 bits per heavy atom. The van der Waals surface area contributed by atoms with E-state index < -0.39 is 66.1 Å². The number of benzene rings is 3. The average Bonchev–Trinajstić information content (AvgIpc) is 3.15. The molecule has 55 heavy (non-hydrogen) atoms. The first-order valence-electron chi connectivity index (χ1n) is 18.8. The van der Waals surface area contributed by atoms with Crippen LogP contribution in [-0.2, 0) is 46.4 Å². The van der Waals surface area contributed by atoms with Crippen LogP contribution in [0.5, 0.6) is 0 Å². The highest BCUT2D eigenvalue weighted by Crippen LogP contribution is 2.17. The number of hydrogen-bond acceptors (Lipinski definition) is 7. The topological polar surface area (TPSA) is 240 Å². The van der Waals surface area contributed by atoms with Gasteiger partial charge in [-0.1, -0.05) is 112 Å². The molecule has 14 nitrogen and oxygen atoms in total. The lowest BCUT2D eigenvalue weighted by Crippen LogP contribution is -2.55. The first kappa shape index (κ1) is 43.6.